The molecular formula is C26H26N4O4S. The zero-order valence-corrected chi connectivity index (χ0v) is 19.9. The first kappa shape index (κ1) is 24.4. The summed E-state index contributed by atoms with van der Waals surface area (Å²) in [7, 11) is 0. The minimum absolute atomic E-state index is 0.0185. The Morgan fingerprint density at radius 3 is 2.46 bits per heavy atom. The monoisotopic (exact) mass is 490 g/mol. The largest absolute Gasteiger partial charge is 0.438 e. The molecule has 0 atom stereocenters. The first-order valence-corrected chi connectivity index (χ1v) is 12.3. The van der Waals surface area contributed by atoms with Crippen LogP contribution in [0, 0.1) is 5.92 Å². The van der Waals surface area contributed by atoms with Crippen molar-refractivity contribution in [3.63, 3.8) is 0 Å². The quantitative estimate of drug-likeness (QED) is 0.342. The first-order valence-electron chi connectivity index (χ1n) is 11.4. The molecule has 0 unspecified atom stereocenters. The normalized spacial score (nSPS) is 17.3. The van der Waals surface area contributed by atoms with Gasteiger partial charge in [0.15, 0.2) is 5.62 Å². The van der Waals surface area contributed by atoms with Gasteiger partial charge in [0.2, 0.25) is 11.8 Å². The SMILES string of the molecule is O=CSc1ccc(Oc2ncccc2C(=O)NC2CCC(C(=O)NCc3ccccn3)CC2)cc1. The molecule has 180 valence electrons. The second kappa shape index (κ2) is 12.1. The molecule has 2 N–H and O–H groups in total. The van der Waals surface area contributed by atoms with Gasteiger partial charge in [-0.05, 0) is 74.2 Å². The predicted molar refractivity (Wildman–Crippen MR) is 133 cm³/mol. The van der Waals surface area contributed by atoms with Gasteiger partial charge in [-0.15, -0.1) is 0 Å². The van der Waals surface area contributed by atoms with Gasteiger partial charge in [-0.1, -0.05) is 17.8 Å². The minimum atomic E-state index is -0.260. The first-order chi connectivity index (χ1) is 17.1. The van der Waals surface area contributed by atoms with Crippen LogP contribution in [0.5, 0.6) is 11.6 Å². The third-order valence-electron chi connectivity index (χ3n) is 5.84. The molecule has 2 amide bonds. The van der Waals surface area contributed by atoms with Crippen molar-refractivity contribution in [1.29, 1.82) is 0 Å². The van der Waals surface area contributed by atoms with Gasteiger partial charge in [0, 0.05) is 29.2 Å². The number of carbonyl (C=O) groups excluding carboxylic acids is 3. The molecule has 9 heteroatoms. The standard InChI is InChI=1S/C26H26N4O4S/c31-17-35-22-12-10-21(11-13-22)34-26-23(5-3-15-28-26)25(33)30-19-8-6-18(7-9-19)24(32)29-16-20-4-1-2-14-27-20/h1-5,10-15,17-19H,6-9,16H2,(H,29,32)(H,30,33). The van der Waals surface area contributed by atoms with Gasteiger partial charge < -0.3 is 15.4 Å². The van der Waals surface area contributed by atoms with Crippen molar-refractivity contribution in [3.8, 4) is 11.6 Å². The zero-order chi connectivity index (χ0) is 24.5. The summed E-state index contributed by atoms with van der Waals surface area (Å²) < 4.78 is 5.84. The highest BCUT2D eigenvalue weighted by Crippen LogP contribution is 2.27. The number of ether oxygens (including phenoxy) is 1. The van der Waals surface area contributed by atoms with Crippen LogP contribution in [0.25, 0.3) is 0 Å². The Labute approximate surface area is 207 Å². The highest BCUT2D eigenvalue weighted by atomic mass is 32.2. The lowest BCUT2D eigenvalue weighted by molar-refractivity contribution is -0.126. The fraction of sp³-hybridized carbons (Fsp3) is 0.269. The maximum Gasteiger partial charge on any atom is 0.257 e. The van der Waals surface area contributed by atoms with Crippen LogP contribution in [0.2, 0.25) is 0 Å². The van der Waals surface area contributed by atoms with Crippen molar-refractivity contribution < 1.29 is 19.1 Å². The van der Waals surface area contributed by atoms with Crippen molar-refractivity contribution in [3.05, 3.63) is 78.2 Å². The van der Waals surface area contributed by atoms with Crippen LogP contribution in [-0.2, 0) is 16.1 Å². The second-order valence-corrected chi connectivity index (χ2v) is 9.10. The van der Waals surface area contributed by atoms with Gasteiger partial charge >= 0.3 is 0 Å². The number of benzene rings is 1. The summed E-state index contributed by atoms with van der Waals surface area (Å²) in [6.45, 7) is 0.415. The molecule has 2 heterocycles. The van der Waals surface area contributed by atoms with E-state index in [1.54, 1.807) is 48.8 Å². The molecule has 0 radical (unpaired) electrons. The zero-order valence-electron chi connectivity index (χ0n) is 19.1. The van der Waals surface area contributed by atoms with Crippen LogP contribution >= 0.6 is 11.8 Å². The summed E-state index contributed by atoms with van der Waals surface area (Å²) in [5, 5.41) is 6.02. The maximum absolute atomic E-state index is 13.0. The molecule has 0 spiro atoms. The molecule has 1 aliphatic carbocycles. The lowest BCUT2D eigenvalue weighted by Crippen LogP contribution is -2.41. The van der Waals surface area contributed by atoms with Crippen LogP contribution in [0.1, 0.15) is 41.7 Å². The number of nitrogens with zero attached hydrogens (tertiary/aromatic N) is 2. The summed E-state index contributed by atoms with van der Waals surface area (Å²) >= 11 is 1.08. The molecule has 8 nitrogen and oxygen atoms in total. The molecular weight excluding hydrogens is 464 g/mol. The van der Waals surface area contributed by atoms with Gasteiger partial charge in [-0.3, -0.25) is 19.4 Å². The molecule has 1 aromatic carbocycles. The molecule has 0 saturated heterocycles. The van der Waals surface area contributed by atoms with Crippen LogP contribution < -0.4 is 15.4 Å². The number of hydrogen-bond acceptors (Lipinski definition) is 7. The molecule has 2 aromatic heterocycles. The summed E-state index contributed by atoms with van der Waals surface area (Å²) in [4.78, 5) is 45.4. The Bertz CT molecular complexity index is 1150. The van der Waals surface area contributed by atoms with Gasteiger partial charge in [-0.25, -0.2) is 4.98 Å². The average Bonchev–Trinajstić information content (AvgIpc) is 2.90. The van der Waals surface area contributed by atoms with E-state index in [4.69, 9.17) is 4.74 Å². The topological polar surface area (TPSA) is 110 Å². The summed E-state index contributed by atoms with van der Waals surface area (Å²) in [5.41, 5.74) is 1.93. The van der Waals surface area contributed by atoms with E-state index in [0.717, 1.165) is 40.8 Å². The Morgan fingerprint density at radius 1 is 0.971 bits per heavy atom. The van der Waals surface area contributed by atoms with Crippen molar-refractivity contribution in [1.82, 2.24) is 20.6 Å². The van der Waals surface area contributed by atoms with Gasteiger partial charge in [0.1, 0.15) is 11.3 Å². The molecule has 1 aliphatic rings. The van der Waals surface area contributed by atoms with E-state index in [2.05, 4.69) is 20.6 Å². The lowest BCUT2D eigenvalue weighted by Gasteiger charge is -2.28. The van der Waals surface area contributed by atoms with Crippen molar-refractivity contribution in [2.24, 2.45) is 5.92 Å². The minimum Gasteiger partial charge on any atom is -0.438 e. The number of amides is 2. The molecule has 1 fully saturated rings. The average molecular weight is 491 g/mol. The number of carbonyl (C=O) groups is 3. The van der Waals surface area contributed by atoms with E-state index >= 15 is 0 Å². The van der Waals surface area contributed by atoms with E-state index in [0.29, 0.717) is 30.7 Å². The summed E-state index contributed by atoms with van der Waals surface area (Å²) in [6.07, 6.45) is 6.14. The number of thioether (sulfide) groups is 1. The molecule has 1 saturated carbocycles. The summed E-state index contributed by atoms with van der Waals surface area (Å²) in [6, 6.07) is 15.9. The third-order valence-corrected chi connectivity index (χ3v) is 6.48. The second-order valence-electron chi connectivity index (χ2n) is 8.20. The van der Waals surface area contributed by atoms with Crippen molar-refractivity contribution >= 4 is 29.2 Å². The van der Waals surface area contributed by atoms with E-state index in [9.17, 15) is 14.4 Å². The van der Waals surface area contributed by atoms with Crippen molar-refractivity contribution in [2.45, 2.75) is 43.2 Å². The Balaban J connectivity index is 1.29. The third kappa shape index (κ3) is 6.89. The number of hydrogen-bond donors (Lipinski definition) is 2. The summed E-state index contributed by atoms with van der Waals surface area (Å²) in [5.74, 6) is 0.434. The maximum atomic E-state index is 13.0. The van der Waals surface area contributed by atoms with E-state index in [1.807, 2.05) is 18.2 Å². The highest BCUT2D eigenvalue weighted by molar-refractivity contribution is 8.11. The van der Waals surface area contributed by atoms with Crippen LogP contribution in [-0.4, -0.2) is 33.4 Å². The fourth-order valence-corrected chi connectivity index (χ4v) is 4.39. The number of rotatable bonds is 9. The molecule has 35 heavy (non-hydrogen) atoms. The Morgan fingerprint density at radius 2 is 1.74 bits per heavy atom. The predicted octanol–water partition coefficient (Wildman–Crippen LogP) is 4.16. The van der Waals surface area contributed by atoms with Crippen LogP contribution in [0.15, 0.2) is 71.9 Å². The van der Waals surface area contributed by atoms with Gasteiger partial charge in [0.05, 0.1) is 12.2 Å². The number of pyridine rings is 2. The lowest BCUT2D eigenvalue weighted by atomic mass is 9.85. The smallest absolute Gasteiger partial charge is 0.257 e. The highest BCUT2D eigenvalue weighted by Gasteiger charge is 2.28. The molecule has 0 bridgehead atoms. The molecule has 4 rings (SSSR count). The Kier molecular flexibility index (Phi) is 8.45. The fourth-order valence-electron chi connectivity index (χ4n) is 3.99. The van der Waals surface area contributed by atoms with E-state index in [1.165, 1.54) is 0 Å². The van der Waals surface area contributed by atoms with Crippen LogP contribution in [0.4, 0.5) is 0 Å². The molecule has 3 aromatic rings. The van der Waals surface area contributed by atoms with Gasteiger partial charge in [0.25, 0.3) is 5.91 Å². The van der Waals surface area contributed by atoms with Crippen molar-refractivity contribution in [2.75, 3.05) is 0 Å². The molecule has 0 aliphatic heterocycles. The van der Waals surface area contributed by atoms with Gasteiger partial charge in [-0.2, -0.15) is 0 Å². The van der Waals surface area contributed by atoms with Crippen LogP contribution in [0.3, 0.4) is 0 Å². The van der Waals surface area contributed by atoms with E-state index < -0.39 is 0 Å². The number of aromatic nitrogens is 2. The number of nitrogens with one attached hydrogen (secondary N) is 2. The van der Waals surface area contributed by atoms with E-state index in [-0.39, 0.29) is 29.7 Å². The Hall–Kier alpha value is -3.72.